The lowest BCUT2D eigenvalue weighted by molar-refractivity contribution is 0.567. The van der Waals surface area contributed by atoms with Crippen molar-refractivity contribution in [3.05, 3.63) is 118 Å². The molecule has 0 bridgehead atoms. The summed E-state index contributed by atoms with van der Waals surface area (Å²) < 4.78 is 84.7. The maximum absolute atomic E-state index is 14.6. The Morgan fingerprint density at radius 2 is 0.707 bits per heavy atom. The average Bonchev–Trinajstić information content (AvgIpc) is 2.93. The number of hydrogen-bond acceptors (Lipinski definition) is 0. The monoisotopic (exact) mass is 568 g/mol. The summed E-state index contributed by atoms with van der Waals surface area (Å²) >= 11 is 0. The summed E-state index contributed by atoms with van der Waals surface area (Å²) in [5.74, 6) is -3.75. The fourth-order valence-electron chi connectivity index (χ4n) is 5.04. The summed E-state index contributed by atoms with van der Waals surface area (Å²) in [6.07, 6.45) is 8.56. The molecule has 4 rings (SSSR count). The first kappa shape index (κ1) is 30.4. The van der Waals surface area contributed by atoms with Gasteiger partial charge in [0.15, 0.2) is 0 Å². The van der Waals surface area contributed by atoms with E-state index in [4.69, 9.17) is 0 Å². The van der Waals surface area contributed by atoms with Gasteiger partial charge in [-0.05, 0) is 98.2 Å². The Morgan fingerprint density at radius 1 is 0.390 bits per heavy atom. The van der Waals surface area contributed by atoms with Crippen LogP contribution in [-0.2, 0) is 12.8 Å². The van der Waals surface area contributed by atoms with Gasteiger partial charge in [0.1, 0.15) is 34.9 Å². The highest BCUT2D eigenvalue weighted by Gasteiger charge is 2.13. The third-order valence-electron chi connectivity index (χ3n) is 7.68. The molecule has 0 fully saturated rings. The van der Waals surface area contributed by atoms with Crippen LogP contribution in [0.2, 0.25) is 0 Å². The lowest BCUT2D eigenvalue weighted by atomic mass is 9.98. The summed E-state index contributed by atoms with van der Waals surface area (Å²) in [5.41, 5.74) is 2.29. The van der Waals surface area contributed by atoms with Crippen LogP contribution in [0.5, 0.6) is 0 Å². The zero-order valence-corrected chi connectivity index (χ0v) is 23.4. The van der Waals surface area contributed by atoms with Crippen molar-refractivity contribution in [2.45, 2.75) is 71.6 Å². The molecule has 4 aromatic carbocycles. The highest BCUT2D eigenvalue weighted by atomic mass is 19.2. The molecule has 0 aliphatic heterocycles. The number of benzene rings is 4. The standard InChI is InChI=1S/C35H34F6/c1-22-30(36)18-26(19-31(22)37)28-14-12-24(16-34(28)40)10-8-6-4-3-5-7-9-11-25-13-15-29(35(41)17-25)27-20-32(38)23(2)33(39)21-27/h12-21H,3-11H2,1-2H3. The fourth-order valence-corrected chi connectivity index (χ4v) is 5.04. The van der Waals surface area contributed by atoms with Gasteiger partial charge in [-0.15, -0.1) is 0 Å². The molecule has 6 heteroatoms. The van der Waals surface area contributed by atoms with E-state index in [1.165, 1.54) is 26.0 Å². The highest BCUT2D eigenvalue weighted by Crippen LogP contribution is 2.29. The normalized spacial score (nSPS) is 11.3. The van der Waals surface area contributed by atoms with Crippen molar-refractivity contribution in [1.29, 1.82) is 0 Å². The smallest absolute Gasteiger partial charge is 0.131 e. The van der Waals surface area contributed by atoms with Gasteiger partial charge in [0.05, 0.1) is 0 Å². The Kier molecular flexibility index (Phi) is 10.3. The lowest BCUT2D eigenvalue weighted by Crippen LogP contribution is -1.94. The number of halogens is 6. The van der Waals surface area contributed by atoms with Gasteiger partial charge in [-0.25, -0.2) is 26.3 Å². The minimum Gasteiger partial charge on any atom is -0.207 e. The average molecular weight is 569 g/mol. The molecule has 0 unspecified atom stereocenters. The van der Waals surface area contributed by atoms with Crippen molar-refractivity contribution in [3.63, 3.8) is 0 Å². The quantitative estimate of drug-likeness (QED) is 0.118. The number of unbranched alkanes of at least 4 members (excludes halogenated alkanes) is 6. The number of rotatable bonds is 12. The van der Waals surface area contributed by atoms with Crippen LogP contribution in [0.3, 0.4) is 0 Å². The second kappa shape index (κ2) is 13.9. The third kappa shape index (κ3) is 7.81. The van der Waals surface area contributed by atoms with Crippen LogP contribution in [0.1, 0.15) is 67.2 Å². The molecule has 0 nitrogen and oxygen atoms in total. The Labute approximate surface area is 238 Å². The van der Waals surface area contributed by atoms with Gasteiger partial charge >= 0.3 is 0 Å². The summed E-state index contributed by atoms with van der Waals surface area (Å²) in [6, 6.07) is 14.3. The van der Waals surface area contributed by atoms with Crippen molar-refractivity contribution < 1.29 is 26.3 Å². The molecule has 0 saturated heterocycles. The van der Waals surface area contributed by atoms with Crippen LogP contribution in [0.15, 0.2) is 60.7 Å². The predicted octanol–water partition coefficient (Wildman–Crippen LogP) is 11.0. The van der Waals surface area contributed by atoms with Crippen molar-refractivity contribution >= 4 is 0 Å². The molecule has 0 aliphatic rings. The fraction of sp³-hybridized carbons (Fsp3) is 0.314. The Morgan fingerprint density at radius 3 is 1.02 bits per heavy atom. The zero-order chi connectivity index (χ0) is 29.5. The number of hydrogen-bond donors (Lipinski definition) is 0. The van der Waals surface area contributed by atoms with Gasteiger partial charge in [-0.2, -0.15) is 0 Å². The molecule has 0 heterocycles. The first-order chi connectivity index (χ1) is 19.6. The van der Waals surface area contributed by atoms with Crippen LogP contribution in [0.25, 0.3) is 22.3 Å². The molecule has 0 aromatic heterocycles. The maximum Gasteiger partial charge on any atom is 0.131 e. The Bertz CT molecular complexity index is 1350. The van der Waals surface area contributed by atoms with Crippen molar-refractivity contribution in [2.75, 3.05) is 0 Å². The predicted molar refractivity (Wildman–Crippen MR) is 153 cm³/mol. The topological polar surface area (TPSA) is 0 Å². The third-order valence-corrected chi connectivity index (χ3v) is 7.68. The molecular weight excluding hydrogens is 534 g/mol. The summed E-state index contributed by atoms with van der Waals surface area (Å²) in [6.45, 7) is 2.69. The molecule has 0 saturated carbocycles. The van der Waals surface area contributed by atoms with E-state index in [1.807, 2.05) is 0 Å². The van der Waals surface area contributed by atoms with Crippen LogP contribution in [0, 0.1) is 48.8 Å². The van der Waals surface area contributed by atoms with Gasteiger partial charge in [-0.1, -0.05) is 56.4 Å². The first-order valence-electron chi connectivity index (χ1n) is 14.1. The molecule has 0 spiro atoms. The van der Waals surface area contributed by atoms with Gasteiger partial charge in [-0.3, -0.25) is 0 Å². The molecule has 216 valence electrons. The minimum absolute atomic E-state index is 0.0793. The Hall–Kier alpha value is -3.54. The summed E-state index contributed by atoms with van der Waals surface area (Å²) in [5, 5.41) is 0. The number of aryl methyl sites for hydroxylation is 2. The molecule has 4 aromatic rings. The largest absolute Gasteiger partial charge is 0.207 e. The van der Waals surface area contributed by atoms with Gasteiger partial charge in [0, 0.05) is 22.3 Å². The van der Waals surface area contributed by atoms with Crippen LogP contribution in [0.4, 0.5) is 26.3 Å². The van der Waals surface area contributed by atoms with Crippen LogP contribution >= 0.6 is 0 Å². The second-order valence-electron chi connectivity index (χ2n) is 10.7. The minimum atomic E-state index is -0.692. The van der Waals surface area contributed by atoms with Gasteiger partial charge in [0.2, 0.25) is 0 Å². The second-order valence-corrected chi connectivity index (χ2v) is 10.7. The van der Waals surface area contributed by atoms with Crippen molar-refractivity contribution in [3.8, 4) is 22.3 Å². The highest BCUT2D eigenvalue weighted by molar-refractivity contribution is 5.66. The van der Waals surface area contributed by atoms with Crippen molar-refractivity contribution in [2.24, 2.45) is 0 Å². The molecule has 41 heavy (non-hydrogen) atoms. The summed E-state index contributed by atoms with van der Waals surface area (Å²) in [7, 11) is 0. The lowest BCUT2D eigenvalue weighted by Gasteiger charge is -2.09. The van der Waals surface area contributed by atoms with E-state index in [-0.39, 0.29) is 33.4 Å². The SMILES string of the molecule is Cc1c(F)cc(-c2ccc(CCCCCCCCCc3ccc(-c4cc(F)c(C)c(F)c4)c(F)c3)cc2F)cc1F. The molecule has 0 amide bonds. The van der Waals surface area contributed by atoms with Crippen LogP contribution in [-0.4, -0.2) is 0 Å². The van der Waals surface area contributed by atoms with E-state index in [0.717, 1.165) is 93.2 Å². The van der Waals surface area contributed by atoms with E-state index in [1.54, 1.807) is 24.3 Å². The maximum atomic E-state index is 14.6. The molecule has 0 N–H and O–H groups in total. The van der Waals surface area contributed by atoms with E-state index in [9.17, 15) is 26.3 Å². The molecular formula is C35H34F6. The molecule has 0 aliphatic carbocycles. The molecule has 0 radical (unpaired) electrons. The zero-order valence-electron chi connectivity index (χ0n) is 23.4. The summed E-state index contributed by atoms with van der Waals surface area (Å²) in [4.78, 5) is 0. The molecule has 0 atom stereocenters. The van der Waals surface area contributed by atoms with E-state index >= 15 is 0 Å². The van der Waals surface area contributed by atoms with E-state index in [0.29, 0.717) is 0 Å². The van der Waals surface area contributed by atoms with Gasteiger partial charge in [0.25, 0.3) is 0 Å². The first-order valence-corrected chi connectivity index (χ1v) is 14.1. The van der Waals surface area contributed by atoms with Gasteiger partial charge < -0.3 is 0 Å². The van der Waals surface area contributed by atoms with E-state index in [2.05, 4.69) is 0 Å². The van der Waals surface area contributed by atoms with E-state index < -0.39 is 34.9 Å². The van der Waals surface area contributed by atoms with Crippen molar-refractivity contribution in [1.82, 2.24) is 0 Å². The van der Waals surface area contributed by atoms with Crippen LogP contribution < -0.4 is 0 Å². The Balaban J connectivity index is 1.14.